The Morgan fingerprint density at radius 3 is 2.69 bits per heavy atom. The molecular formula is C11H23N3O2. The number of nitrogens with two attached hydrogens (primary N) is 1. The number of primary amides is 1. The van der Waals surface area contributed by atoms with Crippen molar-refractivity contribution in [1.29, 1.82) is 0 Å². The van der Waals surface area contributed by atoms with Crippen LogP contribution in [0.1, 0.15) is 19.8 Å². The fraction of sp³-hybridized carbons (Fsp3) is 0.909. The van der Waals surface area contributed by atoms with E-state index in [1.807, 2.05) is 0 Å². The number of amides is 1. The van der Waals surface area contributed by atoms with Gasteiger partial charge < -0.3 is 15.8 Å². The predicted molar refractivity (Wildman–Crippen MR) is 63.1 cm³/mol. The minimum atomic E-state index is -0.237. The van der Waals surface area contributed by atoms with Gasteiger partial charge in [0.2, 0.25) is 5.91 Å². The molecule has 5 nitrogen and oxygen atoms in total. The molecule has 1 amide bonds. The van der Waals surface area contributed by atoms with Crippen LogP contribution in [0.5, 0.6) is 0 Å². The number of piperidine rings is 1. The van der Waals surface area contributed by atoms with Crippen LogP contribution in [0.15, 0.2) is 0 Å². The standard InChI is InChI=1S/C11H23N3O2/c1-9(8-16-2)13-10-3-5-14(6-4-10)7-11(12)15/h9-10,13H,3-8H2,1-2H3,(H2,12,15). The van der Waals surface area contributed by atoms with Gasteiger partial charge in [0.15, 0.2) is 0 Å². The zero-order chi connectivity index (χ0) is 12.0. The summed E-state index contributed by atoms with van der Waals surface area (Å²) in [5.41, 5.74) is 5.17. The lowest BCUT2D eigenvalue weighted by molar-refractivity contribution is -0.119. The Morgan fingerprint density at radius 2 is 2.19 bits per heavy atom. The van der Waals surface area contributed by atoms with Crippen molar-refractivity contribution in [2.45, 2.75) is 31.8 Å². The first-order chi connectivity index (χ1) is 7.61. The third kappa shape index (κ3) is 4.92. The van der Waals surface area contributed by atoms with Crippen molar-refractivity contribution in [3.8, 4) is 0 Å². The van der Waals surface area contributed by atoms with Crippen molar-refractivity contribution in [3.63, 3.8) is 0 Å². The van der Waals surface area contributed by atoms with Gasteiger partial charge in [-0.2, -0.15) is 0 Å². The average Bonchev–Trinajstić information content (AvgIpc) is 2.20. The van der Waals surface area contributed by atoms with Crippen molar-refractivity contribution < 1.29 is 9.53 Å². The first-order valence-electron chi connectivity index (χ1n) is 5.87. The van der Waals surface area contributed by atoms with Gasteiger partial charge in [0.1, 0.15) is 0 Å². The summed E-state index contributed by atoms with van der Waals surface area (Å²) in [5, 5.41) is 3.53. The summed E-state index contributed by atoms with van der Waals surface area (Å²) in [5.74, 6) is -0.237. The van der Waals surface area contributed by atoms with Crippen molar-refractivity contribution in [2.75, 3.05) is 33.4 Å². The van der Waals surface area contributed by atoms with Crippen LogP contribution in [0.4, 0.5) is 0 Å². The van der Waals surface area contributed by atoms with Crippen molar-refractivity contribution in [3.05, 3.63) is 0 Å². The van der Waals surface area contributed by atoms with E-state index < -0.39 is 0 Å². The Bertz CT molecular complexity index is 215. The molecule has 0 spiro atoms. The van der Waals surface area contributed by atoms with Crippen LogP contribution in [0, 0.1) is 0 Å². The van der Waals surface area contributed by atoms with Crippen molar-refractivity contribution in [2.24, 2.45) is 5.73 Å². The van der Waals surface area contributed by atoms with Gasteiger partial charge in [-0.3, -0.25) is 9.69 Å². The Labute approximate surface area is 97.3 Å². The fourth-order valence-corrected chi connectivity index (χ4v) is 2.18. The Morgan fingerprint density at radius 1 is 1.56 bits per heavy atom. The second kappa shape index (κ2) is 6.83. The van der Waals surface area contributed by atoms with Crippen LogP contribution in [0.2, 0.25) is 0 Å². The number of carbonyl (C=O) groups excluding carboxylic acids is 1. The molecule has 94 valence electrons. The van der Waals surface area contributed by atoms with Crippen LogP contribution in [0.25, 0.3) is 0 Å². The van der Waals surface area contributed by atoms with Crippen LogP contribution in [0.3, 0.4) is 0 Å². The highest BCUT2D eigenvalue weighted by atomic mass is 16.5. The number of ether oxygens (including phenoxy) is 1. The summed E-state index contributed by atoms with van der Waals surface area (Å²) in [6, 6.07) is 0.923. The SMILES string of the molecule is COCC(C)NC1CCN(CC(N)=O)CC1. The number of rotatable bonds is 6. The molecule has 1 rings (SSSR count). The number of methoxy groups -OCH3 is 1. The summed E-state index contributed by atoms with van der Waals surface area (Å²) in [6.45, 7) is 5.14. The number of carbonyl (C=O) groups is 1. The van der Waals surface area contributed by atoms with Gasteiger partial charge in [-0.05, 0) is 19.8 Å². The third-order valence-electron chi connectivity index (χ3n) is 2.90. The minimum absolute atomic E-state index is 0.237. The van der Waals surface area contributed by atoms with E-state index in [2.05, 4.69) is 17.1 Å². The molecule has 0 saturated carbocycles. The van der Waals surface area contributed by atoms with Gasteiger partial charge in [-0.15, -0.1) is 0 Å². The van der Waals surface area contributed by atoms with E-state index in [9.17, 15) is 4.79 Å². The summed E-state index contributed by atoms with van der Waals surface area (Å²) in [4.78, 5) is 12.9. The second-order valence-electron chi connectivity index (χ2n) is 4.54. The molecule has 5 heteroatoms. The van der Waals surface area contributed by atoms with Gasteiger partial charge in [0.25, 0.3) is 0 Å². The normalized spacial score (nSPS) is 20.9. The first-order valence-corrected chi connectivity index (χ1v) is 5.87. The predicted octanol–water partition coefficient (Wildman–Crippen LogP) is -0.439. The van der Waals surface area contributed by atoms with Crippen molar-refractivity contribution in [1.82, 2.24) is 10.2 Å². The quantitative estimate of drug-likeness (QED) is 0.648. The van der Waals surface area contributed by atoms with Crippen LogP contribution < -0.4 is 11.1 Å². The van der Waals surface area contributed by atoms with Crippen LogP contribution >= 0.6 is 0 Å². The highest BCUT2D eigenvalue weighted by Crippen LogP contribution is 2.10. The van der Waals surface area contributed by atoms with Gasteiger partial charge in [-0.25, -0.2) is 0 Å². The lowest BCUT2D eigenvalue weighted by Crippen LogP contribution is -2.48. The Balaban J connectivity index is 2.18. The molecule has 16 heavy (non-hydrogen) atoms. The molecule has 0 aromatic rings. The van der Waals surface area contributed by atoms with Gasteiger partial charge >= 0.3 is 0 Å². The van der Waals surface area contributed by atoms with Gasteiger partial charge in [0.05, 0.1) is 13.2 Å². The molecule has 1 aliphatic rings. The van der Waals surface area contributed by atoms with E-state index in [0.29, 0.717) is 18.6 Å². The molecular weight excluding hydrogens is 206 g/mol. The zero-order valence-corrected chi connectivity index (χ0v) is 10.2. The molecule has 3 N–H and O–H groups in total. The summed E-state index contributed by atoms with van der Waals surface area (Å²) in [7, 11) is 1.72. The Kier molecular flexibility index (Phi) is 5.73. The number of nitrogens with one attached hydrogen (secondary N) is 1. The topological polar surface area (TPSA) is 67.6 Å². The largest absolute Gasteiger partial charge is 0.383 e. The Hall–Kier alpha value is -0.650. The lowest BCUT2D eigenvalue weighted by atomic mass is 10.0. The van der Waals surface area contributed by atoms with Crippen molar-refractivity contribution >= 4 is 5.91 Å². The molecule has 1 unspecified atom stereocenters. The maximum atomic E-state index is 10.8. The number of nitrogens with zero attached hydrogens (tertiary/aromatic N) is 1. The molecule has 0 bridgehead atoms. The molecule has 1 heterocycles. The highest BCUT2D eigenvalue weighted by Gasteiger charge is 2.20. The average molecular weight is 229 g/mol. The lowest BCUT2D eigenvalue weighted by Gasteiger charge is -2.33. The van der Waals surface area contributed by atoms with Crippen LogP contribution in [-0.2, 0) is 9.53 Å². The van der Waals surface area contributed by atoms with E-state index in [0.717, 1.165) is 32.5 Å². The second-order valence-corrected chi connectivity index (χ2v) is 4.54. The summed E-state index contributed by atoms with van der Waals surface area (Å²) in [6.07, 6.45) is 2.14. The molecule has 1 aliphatic heterocycles. The molecule has 0 aliphatic carbocycles. The van der Waals surface area contributed by atoms with Gasteiger partial charge in [-0.1, -0.05) is 0 Å². The molecule has 1 fully saturated rings. The molecule has 0 aromatic heterocycles. The third-order valence-corrected chi connectivity index (χ3v) is 2.90. The molecule has 0 radical (unpaired) electrons. The molecule has 1 saturated heterocycles. The smallest absolute Gasteiger partial charge is 0.231 e. The summed E-state index contributed by atoms with van der Waals surface area (Å²) >= 11 is 0. The van der Waals surface area contributed by atoms with E-state index in [4.69, 9.17) is 10.5 Å². The summed E-state index contributed by atoms with van der Waals surface area (Å²) < 4.78 is 5.08. The zero-order valence-electron chi connectivity index (χ0n) is 10.2. The van der Waals surface area contributed by atoms with Gasteiger partial charge in [0, 0.05) is 32.3 Å². The highest BCUT2D eigenvalue weighted by molar-refractivity contribution is 5.75. The number of likely N-dealkylation sites (tertiary alicyclic amines) is 1. The molecule has 0 aromatic carbocycles. The molecule has 1 atom stereocenters. The maximum Gasteiger partial charge on any atom is 0.231 e. The van der Waals surface area contributed by atoms with Crippen LogP contribution in [-0.4, -0.2) is 56.2 Å². The maximum absolute atomic E-state index is 10.8. The fourth-order valence-electron chi connectivity index (χ4n) is 2.18. The number of hydrogen-bond acceptors (Lipinski definition) is 4. The minimum Gasteiger partial charge on any atom is -0.383 e. The number of hydrogen-bond donors (Lipinski definition) is 2. The van der Waals surface area contributed by atoms with E-state index in [1.165, 1.54) is 0 Å². The first kappa shape index (κ1) is 13.4. The van der Waals surface area contributed by atoms with E-state index in [1.54, 1.807) is 7.11 Å². The van der Waals surface area contributed by atoms with E-state index >= 15 is 0 Å². The monoisotopic (exact) mass is 229 g/mol. The van der Waals surface area contributed by atoms with E-state index in [-0.39, 0.29) is 5.91 Å².